The molecular weight excluding hydrogens is 308 g/mol. The van der Waals surface area contributed by atoms with Crippen LogP contribution in [0.2, 0.25) is 0 Å². The second kappa shape index (κ2) is 6.29. The quantitative estimate of drug-likeness (QED) is 0.577. The number of thiophene rings is 1. The zero-order chi connectivity index (χ0) is 15.5. The van der Waals surface area contributed by atoms with Gasteiger partial charge in [-0.05, 0) is 29.7 Å². The van der Waals surface area contributed by atoms with Crippen LogP contribution in [0.1, 0.15) is 20.3 Å². The normalized spacial score (nSPS) is 13.3. The van der Waals surface area contributed by atoms with Gasteiger partial charge in [-0.3, -0.25) is 14.9 Å². The van der Waals surface area contributed by atoms with E-state index in [4.69, 9.17) is 5.11 Å². The van der Waals surface area contributed by atoms with Gasteiger partial charge in [0.2, 0.25) is 0 Å². The van der Waals surface area contributed by atoms with E-state index in [2.05, 4.69) is 4.72 Å². The third-order valence-corrected chi connectivity index (χ3v) is 5.31. The predicted octanol–water partition coefficient (Wildman–Crippen LogP) is 1.43. The summed E-state index contributed by atoms with van der Waals surface area (Å²) in [6, 6.07) is 0.887. The number of rotatable bonds is 7. The molecule has 0 saturated carbocycles. The van der Waals surface area contributed by atoms with Gasteiger partial charge in [0.25, 0.3) is 10.0 Å². The smallest absolute Gasteiger partial charge is 0.325 e. The minimum atomic E-state index is -4.08. The van der Waals surface area contributed by atoms with Crippen molar-refractivity contribution in [3.63, 3.8) is 0 Å². The highest BCUT2D eigenvalue weighted by molar-refractivity contribution is 7.91. The average Bonchev–Trinajstić information content (AvgIpc) is 2.76. The van der Waals surface area contributed by atoms with Crippen LogP contribution in [0.5, 0.6) is 0 Å². The van der Waals surface area contributed by atoms with E-state index in [9.17, 15) is 23.3 Å². The molecule has 1 unspecified atom stereocenters. The first-order valence-electron chi connectivity index (χ1n) is 5.63. The number of hydrogen-bond donors (Lipinski definition) is 2. The molecule has 1 aromatic rings. The van der Waals surface area contributed by atoms with Gasteiger partial charge in [0, 0.05) is 6.07 Å². The summed E-state index contributed by atoms with van der Waals surface area (Å²) in [6.45, 7) is 3.53. The molecule has 0 saturated heterocycles. The van der Waals surface area contributed by atoms with Crippen LogP contribution in [0, 0.1) is 16.0 Å². The van der Waals surface area contributed by atoms with Crippen molar-refractivity contribution in [2.75, 3.05) is 0 Å². The number of sulfonamides is 1. The monoisotopic (exact) mass is 322 g/mol. The molecule has 1 aromatic heterocycles. The Morgan fingerprint density at radius 3 is 2.50 bits per heavy atom. The number of aliphatic carboxylic acids is 1. The van der Waals surface area contributed by atoms with Crippen molar-refractivity contribution in [3.05, 3.63) is 22.2 Å². The van der Waals surface area contributed by atoms with Crippen LogP contribution < -0.4 is 4.72 Å². The van der Waals surface area contributed by atoms with Gasteiger partial charge in [0.1, 0.15) is 10.3 Å². The minimum absolute atomic E-state index is 0.0172. The second-order valence-electron chi connectivity index (χ2n) is 4.49. The van der Waals surface area contributed by atoms with Gasteiger partial charge in [-0.15, -0.1) is 0 Å². The molecule has 0 spiro atoms. The lowest BCUT2D eigenvalue weighted by Gasteiger charge is -2.15. The van der Waals surface area contributed by atoms with Crippen molar-refractivity contribution in [3.8, 4) is 0 Å². The van der Waals surface area contributed by atoms with Gasteiger partial charge < -0.3 is 5.11 Å². The maximum absolute atomic E-state index is 12.0. The van der Waals surface area contributed by atoms with E-state index < -0.39 is 27.0 Å². The Balaban J connectivity index is 2.97. The molecule has 0 fully saturated rings. The topological polar surface area (TPSA) is 127 Å². The van der Waals surface area contributed by atoms with Crippen LogP contribution in [0.3, 0.4) is 0 Å². The minimum Gasteiger partial charge on any atom is -0.480 e. The number of nitrogens with zero attached hydrogens (tertiary/aromatic N) is 1. The Morgan fingerprint density at radius 2 is 2.10 bits per heavy atom. The van der Waals surface area contributed by atoms with Gasteiger partial charge in [-0.25, -0.2) is 8.42 Å². The van der Waals surface area contributed by atoms with E-state index in [0.29, 0.717) is 11.3 Å². The molecule has 0 aliphatic heterocycles. The molecule has 1 atom stereocenters. The molecule has 1 rings (SSSR count). The number of carboxylic acid groups (broad SMARTS) is 1. The maximum atomic E-state index is 12.0. The molecule has 2 N–H and O–H groups in total. The molecule has 10 heteroatoms. The zero-order valence-electron chi connectivity index (χ0n) is 10.8. The van der Waals surface area contributed by atoms with Crippen LogP contribution in [-0.4, -0.2) is 30.5 Å². The van der Waals surface area contributed by atoms with Crippen molar-refractivity contribution in [1.29, 1.82) is 0 Å². The summed E-state index contributed by atoms with van der Waals surface area (Å²) >= 11 is 0.478. The summed E-state index contributed by atoms with van der Waals surface area (Å²) in [5, 5.41) is 19.2. The van der Waals surface area contributed by atoms with Crippen molar-refractivity contribution >= 4 is 32.3 Å². The molecule has 8 nitrogen and oxygen atoms in total. The van der Waals surface area contributed by atoms with E-state index in [0.717, 1.165) is 12.1 Å². The first-order chi connectivity index (χ1) is 9.13. The average molecular weight is 322 g/mol. The predicted molar refractivity (Wildman–Crippen MR) is 72.2 cm³/mol. The van der Waals surface area contributed by atoms with Gasteiger partial charge >= 0.3 is 11.0 Å². The van der Waals surface area contributed by atoms with Crippen LogP contribution >= 0.6 is 11.3 Å². The molecule has 0 amide bonds. The van der Waals surface area contributed by atoms with Crippen molar-refractivity contribution in [2.45, 2.75) is 30.5 Å². The van der Waals surface area contributed by atoms with Gasteiger partial charge in [0.05, 0.1) is 4.92 Å². The summed E-state index contributed by atoms with van der Waals surface area (Å²) in [5.74, 6) is -1.30. The van der Waals surface area contributed by atoms with Crippen molar-refractivity contribution in [1.82, 2.24) is 4.72 Å². The summed E-state index contributed by atoms with van der Waals surface area (Å²) < 4.78 is 25.7. The summed E-state index contributed by atoms with van der Waals surface area (Å²) in [5.41, 5.74) is 0. The van der Waals surface area contributed by atoms with E-state index in [1.165, 1.54) is 0 Å². The lowest BCUT2D eigenvalue weighted by molar-refractivity contribution is -0.380. The third kappa shape index (κ3) is 4.25. The van der Waals surface area contributed by atoms with E-state index in [1.807, 2.05) is 0 Å². The summed E-state index contributed by atoms with van der Waals surface area (Å²) in [6.07, 6.45) is 0.127. The summed E-state index contributed by atoms with van der Waals surface area (Å²) in [7, 11) is -4.08. The molecule has 0 radical (unpaired) electrons. The molecule has 0 aliphatic carbocycles. The lowest BCUT2D eigenvalue weighted by Crippen LogP contribution is -2.41. The fourth-order valence-electron chi connectivity index (χ4n) is 1.47. The molecule has 20 heavy (non-hydrogen) atoms. The van der Waals surface area contributed by atoms with Gasteiger partial charge in [-0.2, -0.15) is 4.72 Å². The Labute approximate surface area is 119 Å². The van der Waals surface area contributed by atoms with E-state index in [1.54, 1.807) is 13.8 Å². The molecular formula is C10H14N2O6S2. The summed E-state index contributed by atoms with van der Waals surface area (Å²) in [4.78, 5) is 20.8. The third-order valence-electron chi connectivity index (χ3n) is 2.31. The Morgan fingerprint density at radius 1 is 1.50 bits per heavy atom. The fourth-order valence-corrected chi connectivity index (χ4v) is 3.80. The Kier molecular flexibility index (Phi) is 5.20. The highest BCUT2D eigenvalue weighted by Crippen LogP contribution is 2.27. The van der Waals surface area contributed by atoms with E-state index in [-0.39, 0.29) is 21.5 Å². The highest BCUT2D eigenvalue weighted by atomic mass is 32.2. The number of carboxylic acids is 1. The van der Waals surface area contributed by atoms with E-state index >= 15 is 0 Å². The number of nitro groups is 1. The van der Waals surface area contributed by atoms with Gasteiger partial charge in [-0.1, -0.05) is 13.8 Å². The van der Waals surface area contributed by atoms with Crippen LogP contribution in [0.15, 0.2) is 16.3 Å². The number of hydrogen-bond acceptors (Lipinski definition) is 6. The first kappa shape index (κ1) is 16.5. The van der Waals surface area contributed by atoms with Crippen LogP contribution in [0.25, 0.3) is 0 Å². The van der Waals surface area contributed by atoms with Crippen molar-refractivity contribution in [2.24, 2.45) is 5.92 Å². The van der Waals surface area contributed by atoms with Crippen LogP contribution in [0.4, 0.5) is 5.00 Å². The van der Waals surface area contributed by atoms with Crippen molar-refractivity contribution < 1.29 is 23.2 Å². The van der Waals surface area contributed by atoms with Crippen LogP contribution in [-0.2, 0) is 14.8 Å². The standard InChI is InChI=1S/C10H14N2O6S2/c1-6(2)5-7(10(13)14)11-20(17,18)9-4-3-8(19-9)12(15)16/h3-4,6-7,11H,5H2,1-2H3,(H,13,14). The zero-order valence-corrected chi connectivity index (χ0v) is 12.4. The highest BCUT2D eigenvalue weighted by Gasteiger charge is 2.28. The van der Waals surface area contributed by atoms with Gasteiger partial charge in [0.15, 0.2) is 0 Å². The Bertz CT molecular complexity index is 607. The Hall–Kier alpha value is -1.52. The SMILES string of the molecule is CC(C)CC(NS(=O)(=O)c1ccc([N+](=O)[O-])s1)C(=O)O. The second-order valence-corrected chi connectivity index (χ2v) is 7.49. The molecule has 0 bridgehead atoms. The number of carbonyl (C=O) groups is 1. The lowest BCUT2D eigenvalue weighted by atomic mass is 10.1. The molecule has 112 valence electrons. The first-order valence-corrected chi connectivity index (χ1v) is 7.93. The maximum Gasteiger partial charge on any atom is 0.325 e. The fraction of sp³-hybridized carbons (Fsp3) is 0.500. The number of nitrogens with one attached hydrogen (secondary N) is 1. The largest absolute Gasteiger partial charge is 0.480 e. The molecule has 0 aliphatic rings. The molecule has 0 aromatic carbocycles. The molecule has 1 heterocycles.